The molecule has 0 aliphatic heterocycles. The number of aromatic amines is 2. The summed E-state index contributed by atoms with van der Waals surface area (Å²) in [6, 6.07) is 12.6. The molecule has 3 N–H and O–H groups in total. The number of carbonyl (C=O) groups excluding carboxylic acids is 1. The van der Waals surface area contributed by atoms with Crippen LogP contribution in [-0.2, 0) is 4.79 Å². The first kappa shape index (κ1) is 21.8. The zero-order valence-corrected chi connectivity index (χ0v) is 19.2. The van der Waals surface area contributed by atoms with Gasteiger partial charge in [0, 0.05) is 17.1 Å². The van der Waals surface area contributed by atoms with Crippen molar-refractivity contribution < 1.29 is 4.79 Å². The molecule has 0 bridgehead atoms. The average Bonchev–Trinajstić information content (AvgIpc) is 3.13. The Morgan fingerprint density at radius 2 is 1.91 bits per heavy atom. The van der Waals surface area contributed by atoms with Gasteiger partial charge >= 0.3 is 5.69 Å². The van der Waals surface area contributed by atoms with Gasteiger partial charge in [0.05, 0.1) is 27.7 Å². The molecule has 2 aromatic carbocycles. The Labute approximate surface area is 197 Å². The van der Waals surface area contributed by atoms with E-state index in [-0.39, 0.29) is 35.0 Å². The largest absolute Gasteiger partial charge is 0.353 e. The highest BCUT2D eigenvalue weighted by Gasteiger charge is 2.26. The fourth-order valence-corrected chi connectivity index (χ4v) is 5.32. The van der Waals surface area contributed by atoms with E-state index < -0.39 is 0 Å². The summed E-state index contributed by atoms with van der Waals surface area (Å²) in [6.45, 7) is 0. The molecule has 0 radical (unpaired) electrons. The molecule has 1 fully saturated rings. The van der Waals surface area contributed by atoms with Crippen molar-refractivity contribution >= 4 is 51.2 Å². The van der Waals surface area contributed by atoms with Crippen LogP contribution in [0.25, 0.3) is 21.9 Å². The van der Waals surface area contributed by atoms with Crippen molar-refractivity contribution in [1.82, 2.24) is 24.8 Å². The molecule has 170 valence electrons. The lowest BCUT2D eigenvalue weighted by Gasteiger charge is -2.29. The highest BCUT2D eigenvalue weighted by atomic mass is 35.5. The highest BCUT2D eigenvalue weighted by molar-refractivity contribution is 7.99. The van der Waals surface area contributed by atoms with E-state index in [2.05, 4.69) is 20.3 Å². The summed E-state index contributed by atoms with van der Waals surface area (Å²) in [5, 5.41) is 4.62. The van der Waals surface area contributed by atoms with E-state index in [0.29, 0.717) is 21.1 Å². The Balaban J connectivity index is 1.18. The molecule has 2 heterocycles. The number of hydrogen-bond donors (Lipinski definition) is 3. The minimum Gasteiger partial charge on any atom is -0.353 e. The van der Waals surface area contributed by atoms with Gasteiger partial charge in [0.2, 0.25) is 5.91 Å². The van der Waals surface area contributed by atoms with E-state index in [1.807, 2.05) is 18.2 Å². The summed E-state index contributed by atoms with van der Waals surface area (Å²) in [4.78, 5) is 47.2. The van der Waals surface area contributed by atoms with E-state index in [1.54, 1.807) is 28.8 Å². The maximum atomic E-state index is 12.5. The van der Waals surface area contributed by atoms with Crippen LogP contribution in [0.3, 0.4) is 0 Å². The van der Waals surface area contributed by atoms with Crippen LogP contribution in [0.15, 0.2) is 57.2 Å². The number of fused-ring (bicyclic) bond motifs is 2. The number of para-hydroxylation sites is 1. The molecular weight excluding hydrogens is 462 g/mol. The Hall–Kier alpha value is -3.04. The first-order chi connectivity index (χ1) is 16.0. The van der Waals surface area contributed by atoms with Crippen molar-refractivity contribution in [2.45, 2.75) is 42.9 Å². The van der Waals surface area contributed by atoms with Gasteiger partial charge in [0.1, 0.15) is 0 Å². The molecule has 10 heteroatoms. The minimum atomic E-state index is -0.212. The number of nitrogens with zero attached hydrogens (tertiary/aromatic N) is 2. The molecule has 0 unspecified atom stereocenters. The van der Waals surface area contributed by atoms with E-state index in [4.69, 9.17) is 11.6 Å². The smallest absolute Gasteiger partial charge is 0.326 e. The summed E-state index contributed by atoms with van der Waals surface area (Å²) in [7, 11) is 0. The van der Waals surface area contributed by atoms with Gasteiger partial charge < -0.3 is 15.3 Å². The first-order valence-electron chi connectivity index (χ1n) is 10.8. The molecule has 1 saturated carbocycles. The second kappa shape index (κ2) is 9.07. The molecule has 8 nitrogen and oxygen atoms in total. The maximum absolute atomic E-state index is 12.5. The minimum absolute atomic E-state index is 0.0578. The lowest BCUT2D eigenvalue weighted by molar-refractivity contribution is -0.119. The van der Waals surface area contributed by atoms with Gasteiger partial charge in [-0.1, -0.05) is 35.5 Å². The number of benzene rings is 2. The Morgan fingerprint density at radius 3 is 2.73 bits per heavy atom. The Morgan fingerprint density at radius 1 is 1.12 bits per heavy atom. The normalized spacial score (nSPS) is 18.6. The number of imidazole rings is 1. The maximum Gasteiger partial charge on any atom is 0.326 e. The van der Waals surface area contributed by atoms with Gasteiger partial charge in [-0.2, -0.15) is 0 Å². The third-order valence-corrected chi connectivity index (χ3v) is 7.15. The topological polar surface area (TPSA) is 113 Å². The molecule has 0 saturated heterocycles. The zero-order chi connectivity index (χ0) is 22.9. The summed E-state index contributed by atoms with van der Waals surface area (Å²) < 4.78 is 1.79. The number of halogens is 1. The summed E-state index contributed by atoms with van der Waals surface area (Å²) in [5.41, 5.74) is 1.85. The van der Waals surface area contributed by atoms with Crippen LogP contribution >= 0.6 is 23.4 Å². The third-order valence-electron chi connectivity index (χ3n) is 6.04. The Bertz CT molecular complexity index is 1450. The van der Waals surface area contributed by atoms with Crippen LogP contribution in [-0.4, -0.2) is 37.2 Å². The van der Waals surface area contributed by atoms with Crippen LogP contribution in [0.2, 0.25) is 5.02 Å². The summed E-state index contributed by atoms with van der Waals surface area (Å²) in [5.74, 6) is 0.0667. The number of nitrogens with one attached hydrogen (secondary N) is 3. The number of thioether (sulfide) groups is 1. The van der Waals surface area contributed by atoms with E-state index >= 15 is 0 Å². The molecule has 0 atom stereocenters. The van der Waals surface area contributed by atoms with Crippen molar-refractivity contribution in [3.05, 3.63) is 68.3 Å². The van der Waals surface area contributed by atoms with Crippen molar-refractivity contribution in [3.8, 4) is 0 Å². The molecule has 0 spiro atoms. The van der Waals surface area contributed by atoms with Crippen molar-refractivity contribution in [1.29, 1.82) is 0 Å². The number of rotatable bonds is 5. The van der Waals surface area contributed by atoms with Crippen LogP contribution in [0.1, 0.15) is 31.7 Å². The standard InChI is InChI=1S/C23H22ClN5O3S/c24-13-5-10-18-19(11-13)29(23(32)27-18)15-8-6-14(7-9-15)25-20(30)12-33-22-26-17-4-2-1-3-16(17)21(31)28-22/h1-5,10-11,14-15H,6-9,12H2,(H,25,30)(H,27,32)(H,26,28,31). The van der Waals surface area contributed by atoms with Crippen LogP contribution < -0.4 is 16.6 Å². The molecule has 4 aromatic rings. The number of carbonyl (C=O) groups is 1. The molecule has 2 aromatic heterocycles. The average molecular weight is 484 g/mol. The molecule has 1 amide bonds. The van der Waals surface area contributed by atoms with Crippen molar-refractivity contribution in [2.75, 3.05) is 5.75 Å². The molecule has 1 aliphatic rings. The van der Waals surface area contributed by atoms with Gasteiger partial charge in [0.25, 0.3) is 5.56 Å². The second-order valence-corrected chi connectivity index (χ2v) is 9.61. The van der Waals surface area contributed by atoms with Gasteiger partial charge in [-0.05, 0) is 56.0 Å². The van der Waals surface area contributed by atoms with Gasteiger partial charge in [0.15, 0.2) is 5.16 Å². The fourth-order valence-electron chi connectivity index (χ4n) is 4.47. The predicted molar refractivity (Wildman–Crippen MR) is 130 cm³/mol. The third kappa shape index (κ3) is 4.56. The van der Waals surface area contributed by atoms with Gasteiger partial charge in [-0.3, -0.25) is 14.2 Å². The SMILES string of the molecule is O=C(CSc1nc2ccccc2c(=O)[nH]1)NC1CCC(n2c(=O)[nH]c3ccc(Cl)cc32)CC1. The number of hydrogen-bond acceptors (Lipinski definition) is 5. The molecular formula is C23H22ClN5O3S. The predicted octanol–water partition coefficient (Wildman–Crippen LogP) is 3.61. The van der Waals surface area contributed by atoms with Crippen LogP contribution in [0.5, 0.6) is 0 Å². The van der Waals surface area contributed by atoms with Crippen molar-refractivity contribution in [3.63, 3.8) is 0 Å². The van der Waals surface area contributed by atoms with Crippen LogP contribution in [0, 0.1) is 0 Å². The quantitative estimate of drug-likeness (QED) is 0.296. The van der Waals surface area contributed by atoms with E-state index in [9.17, 15) is 14.4 Å². The number of aromatic nitrogens is 4. The molecule has 1 aliphatic carbocycles. The lowest BCUT2D eigenvalue weighted by Crippen LogP contribution is -2.39. The van der Waals surface area contributed by atoms with Crippen LogP contribution in [0.4, 0.5) is 0 Å². The summed E-state index contributed by atoms with van der Waals surface area (Å²) >= 11 is 7.34. The highest BCUT2D eigenvalue weighted by Crippen LogP contribution is 2.30. The fraction of sp³-hybridized carbons (Fsp3) is 0.304. The Kier molecular flexibility index (Phi) is 5.99. The first-order valence-corrected chi connectivity index (χ1v) is 12.2. The van der Waals surface area contributed by atoms with Gasteiger partial charge in [-0.25, -0.2) is 9.78 Å². The molecule has 33 heavy (non-hydrogen) atoms. The number of H-pyrrole nitrogens is 2. The summed E-state index contributed by atoms with van der Waals surface area (Å²) in [6.07, 6.45) is 3.14. The second-order valence-electron chi connectivity index (χ2n) is 8.21. The monoisotopic (exact) mass is 483 g/mol. The van der Waals surface area contributed by atoms with E-state index in [0.717, 1.165) is 36.7 Å². The lowest BCUT2D eigenvalue weighted by atomic mass is 9.91. The number of amides is 1. The van der Waals surface area contributed by atoms with Gasteiger partial charge in [-0.15, -0.1) is 0 Å². The van der Waals surface area contributed by atoms with Crippen molar-refractivity contribution in [2.24, 2.45) is 0 Å². The van der Waals surface area contributed by atoms with E-state index in [1.165, 1.54) is 11.8 Å². The zero-order valence-electron chi connectivity index (χ0n) is 17.6. The molecule has 5 rings (SSSR count).